The summed E-state index contributed by atoms with van der Waals surface area (Å²) in [6, 6.07) is 0.501. The first-order valence-electron chi connectivity index (χ1n) is 8.98. The molecule has 7 heteroatoms. The van der Waals surface area contributed by atoms with Crippen molar-refractivity contribution in [1.82, 2.24) is 19.7 Å². The van der Waals surface area contributed by atoms with E-state index in [0.717, 1.165) is 55.4 Å². The highest BCUT2D eigenvalue weighted by atomic mass is 32.1. The maximum absolute atomic E-state index is 11.8. The van der Waals surface area contributed by atoms with Gasteiger partial charge in [-0.1, -0.05) is 11.3 Å². The molecule has 2 aliphatic rings. The van der Waals surface area contributed by atoms with Crippen molar-refractivity contribution in [2.75, 3.05) is 24.5 Å². The van der Waals surface area contributed by atoms with E-state index in [9.17, 15) is 4.79 Å². The number of aromatic nitrogens is 3. The number of amides is 1. The normalized spacial score (nSPS) is 22.1. The van der Waals surface area contributed by atoms with Crippen LogP contribution in [0.4, 0.5) is 5.13 Å². The fraction of sp³-hybridized carbons (Fsp3) is 0.706. The van der Waals surface area contributed by atoms with Crippen molar-refractivity contribution in [2.45, 2.75) is 51.5 Å². The highest BCUT2D eigenvalue weighted by molar-refractivity contribution is 7.22. The molecular weight excluding hydrogens is 322 g/mol. The van der Waals surface area contributed by atoms with Crippen molar-refractivity contribution < 1.29 is 4.79 Å². The van der Waals surface area contributed by atoms with Gasteiger partial charge < -0.3 is 9.80 Å². The van der Waals surface area contributed by atoms with Crippen LogP contribution in [-0.2, 0) is 11.8 Å². The van der Waals surface area contributed by atoms with Gasteiger partial charge >= 0.3 is 0 Å². The monoisotopic (exact) mass is 347 g/mol. The van der Waals surface area contributed by atoms with Crippen molar-refractivity contribution in [2.24, 2.45) is 7.05 Å². The second-order valence-electron chi connectivity index (χ2n) is 6.97. The van der Waals surface area contributed by atoms with Gasteiger partial charge in [-0.3, -0.25) is 4.79 Å². The number of aryl methyl sites for hydroxylation is 2. The number of fused-ring (bicyclic) bond motifs is 1. The highest BCUT2D eigenvalue weighted by Crippen LogP contribution is 2.35. The van der Waals surface area contributed by atoms with Crippen LogP contribution in [0.25, 0.3) is 10.3 Å². The summed E-state index contributed by atoms with van der Waals surface area (Å²) in [4.78, 5) is 21.2. The van der Waals surface area contributed by atoms with Crippen LogP contribution in [0.5, 0.6) is 0 Å². The van der Waals surface area contributed by atoms with Crippen molar-refractivity contribution in [3.8, 4) is 0 Å². The van der Waals surface area contributed by atoms with Crippen LogP contribution in [0.15, 0.2) is 0 Å². The number of rotatable bonds is 4. The second-order valence-corrected chi connectivity index (χ2v) is 7.95. The summed E-state index contributed by atoms with van der Waals surface area (Å²) < 4.78 is 3.08. The summed E-state index contributed by atoms with van der Waals surface area (Å²) in [7, 11) is 1.96. The number of anilines is 1. The molecule has 0 aliphatic carbocycles. The van der Waals surface area contributed by atoms with Gasteiger partial charge in [-0.15, -0.1) is 0 Å². The van der Waals surface area contributed by atoms with Crippen molar-refractivity contribution in [1.29, 1.82) is 0 Å². The Morgan fingerprint density at radius 1 is 1.25 bits per heavy atom. The van der Waals surface area contributed by atoms with E-state index in [1.807, 2.05) is 16.6 Å². The number of hydrogen-bond donors (Lipinski definition) is 0. The van der Waals surface area contributed by atoms with Crippen LogP contribution in [0.3, 0.4) is 0 Å². The Morgan fingerprint density at radius 2 is 2.12 bits per heavy atom. The number of piperidine rings is 1. The SMILES string of the molecule is Cc1nn(C)c2nc(N3CCCC[C@@H]3CCN3CCCC3=O)sc12. The number of nitrogens with zero attached hydrogens (tertiary/aromatic N) is 5. The van der Waals surface area contributed by atoms with E-state index in [1.54, 1.807) is 11.3 Å². The number of hydrogen-bond acceptors (Lipinski definition) is 5. The third-order valence-corrected chi connectivity index (χ3v) is 6.50. The predicted molar refractivity (Wildman–Crippen MR) is 96.5 cm³/mol. The molecule has 0 unspecified atom stereocenters. The molecule has 2 aromatic rings. The number of carbonyl (C=O) groups excluding carboxylic acids is 1. The van der Waals surface area contributed by atoms with E-state index >= 15 is 0 Å². The summed E-state index contributed by atoms with van der Waals surface area (Å²) in [5.74, 6) is 0.332. The first-order valence-corrected chi connectivity index (χ1v) is 9.79. The summed E-state index contributed by atoms with van der Waals surface area (Å²) in [6.45, 7) is 4.96. The van der Waals surface area contributed by atoms with Gasteiger partial charge in [-0.05, 0) is 39.0 Å². The Hall–Kier alpha value is -1.63. The molecule has 2 aromatic heterocycles. The molecular formula is C17H25N5OS. The van der Waals surface area contributed by atoms with E-state index in [0.29, 0.717) is 11.9 Å². The van der Waals surface area contributed by atoms with E-state index < -0.39 is 0 Å². The molecule has 2 fully saturated rings. The topological polar surface area (TPSA) is 54.3 Å². The van der Waals surface area contributed by atoms with Gasteiger partial charge in [0.15, 0.2) is 10.8 Å². The minimum absolute atomic E-state index is 0.332. The molecule has 2 aliphatic heterocycles. The first kappa shape index (κ1) is 15.9. The largest absolute Gasteiger partial charge is 0.345 e. The van der Waals surface area contributed by atoms with Crippen LogP contribution in [-0.4, -0.2) is 51.2 Å². The molecule has 4 rings (SSSR count). The zero-order valence-electron chi connectivity index (χ0n) is 14.5. The second kappa shape index (κ2) is 6.35. The third-order valence-electron chi connectivity index (χ3n) is 5.31. The lowest BCUT2D eigenvalue weighted by Crippen LogP contribution is -2.42. The van der Waals surface area contributed by atoms with Gasteiger partial charge in [0.25, 0.3) is 0 Å². The Morgan fingerprint density at radius 3 is 2.88 bits per heavy atom. The van der Waals surface area contributed by atoms with Crippen molar-refractivity contribution in [3.05, 3.63) is 5.69 Å². The van der Waals surface area contributed by atoms with Crippen LogP contribution in [0, 0.1) is 6.92 Å². The Kier molecular flexibility index (Phi) is 4.20. The lowest BCUT2D eigenvalue weighted by molar-refractivity contribution is -0.127. The molecule has 0 bridgehead atoms. The maximum Gasteiger partial charge on any atom is 0.222 e. The number of likely N-dealkylation sites (tertiary alicyclic amines) is 1. The minimum Gasteiger partial charge on any atom is -0.345 e. The van der Waals surface area contributed by atoms with E-state index in [1.165, 1.54) is 24.0 Å². The smallest absolute Gasteiger partial charge is 0.222 e. The summed E-state index contributed by atoms with van der Waals surface area (Å²) >= 11 is 1.76. The van der Waals surface area contributed by atoms with Gasteiger partial charge in [-0.25, -0.2) is 9.67 Å². The quantitative estimate of drug-likeness (QED) is 0.853. The van der Waals surface area contributed by atoms with Crippen LogP contribution < -0.4 is 4.90 Å². The molecule has 1 atom stereocenters. The molecule has 2 saturated heterocycles. The molecule has 130 valence electrons. The number of carbonyl (C=O) groups is 1. The fourth-order valence-corrected chi connectivity index (χ4v) is 5.12. The maximum atomic E-state index is 11.8. The van der Waals surface area contributed by atoms with E-state index in [2.05, 4.69) is 16.9 Å². The molecule has 0 spiro atoms. The molecule has 1 amide bonds. The standard InChI is InChI=1S/C17H25N5OS/c1-12-15-16(20(2)19-12)18-17(24-15)22-10-4-3-6-13(22)8-11-21-9-5-7-14(21)23/h13H,3-11H2,1-2H3/t13-/m1/s1. The van der Waals surface area contributed by atoms with Crippen LogP contribution in [0.1, 0.15) is 44.2 Å². The summed E-state index contributed by atoms with van der Waals surface area (Å²) in [6.07, 6.45) is 6.52. The Labute approximate surface area is 146 Å². The summed E-state index contributed by atoms with van der Waals surface area (Å²) in [5, 5.41) is 5.58. The van der Waals surface area contributed by atoms with Gasteiger partial charge in [-0.2, -0.15) is 5.10 Å². The van der Waals surface area contributed by atoms with Gasteiger partial charge in [0.1, 0.15) is 0 Å². The average Bonchev–Trinajstić information content (AvgIpc) is 3.25. The van der Waals surface area contributed by atoms with Gasteiger partial charge in [0.2, 0.25) is 5.91 Å². The van der Waals surface area contributed by atoms with Crippen LogP contribution in [0.2, 0.25) is 0 Å². The minimum atomic E-state index is 0.332. The van der Waals surface area contributed by atoms with Crippen molar-refractivity contribution in [3.63, 3.8) is 0 Å². The zero-order chi connectivity index (χ0) is 16.7. The molecule has 6 nitrogen and oxygen atoms in total. The van der Waals surface area contributed by atoms with Gasteiger partial charge in [0, 0.05) is 39.1 Å². The molecule has 4 heterocycles. The van der Waals surface area contributed by atoms with Crippen molar-refractivity contribution >= 4 is 32.7 Å². The predicted octanol–water partition coefficient (Wildman–Crippen LogP) is 2.71. The Balaban J connectivity index is 1.52. The third kappa shape index (κ3) is 2.79. The molecule has 0 aromatic carbocycles. The highest BCUT2D eigenvalue weighted by Gasteiger charge is 2.28. The molecule has 0 saturated carbocycles. The lowest BCUT2D eigenvalue weighted by Gasteiger charge is -2.36. The summed E-state index contributed by atoms with van der Waals surface area (Å²) in [5.41, 5.74) is 2.05. The Bertz CT molecular complexity index is 717. The molecule has 0 radical (unpaired) electrons. The average molecular weight is 347 g/mol. The van der Waals surface area contributed by atoms with Gasteiger partial charge in [0.05, 0.1) is 10.4 Å². The first-order chi connectivity index (χ1) is 11.6. The van der Waals surface area contributed by atoms with E-state index in [4.69, 9.17) is 4.98 Å². The number of thiazole rings is 1. The zero-order valence-corrected chi connectivity index (χ0v) is 15.3. The van der Waals surface area contributed by atoms with E-state index in [-0.39, 0.29) is 0 Å². The lowest BCUT2D eigenvalue weighted by atomic mass is 10.00. The fourth-order valence-electron chi connectivity index (χ4n) is 3.99. The van der Waals surface area contributed by atoms with Crippen LogP contribution >= 0.6 is 11.3 Å². The molecule has 0 N–H and O–H groups in total. The molecule has 24 heavy (non-hydrogen) atoms.